The lowest BCUT2D eigenvalue weighted by Gasteiger charge is -2.47. The monoisotopic (exact) mass is 695 g/mol. The maximum absolute atomic E-state index is 13.4. The third-order valence-electron chi connectivity index (χ3n) is 6.49. The molecule has 0 aliphatic carbocycles. The average molecular weight is 695 g/mol. The lowest BCUT2D eigenvalue weighted by Crippen LogP contribution is -2.69. The van der Waals surface area contributed by atoms with Crippen LogP contribution in [0, 0.1) is 5.41 Å². The molecule has 44 heavy (non-hydrogen) atoms. The number of halogens is 18. The van der Waals surface area contributed by atoms with Gasteiger partial charge in [0.1, 0.15) is 0 Å². The normalized spacial score (nSPS) is 20.2. The van der Waals surface area contributed by atoms with E-state index in [1.165, 1.54) is 0 Å². The standard InChI is InChI=1S/C22H27F18NO3/c1-12(2)6-11(7-13(3,4)41-12)42-8-14(5,9-43-15(17(23,24)25,18(26,27)28)19(29,30)31)10-44-16(20(32,33)34,21(35,36)37)22(38,39)40/h11,41H,6-10H2,1-5H3. The highest BCUT2D eigenvalue weighted by Crippen LogP contribution is 2.57. The highest BCUT2D eigenvalue weighted by atomic mass is 19.4. The predicted molar refractivity (Wildman–Crippen MR) is 112 cm³/mol. The highest BCUT2D eigenvalue weighted by Gasteiger charge is 2.87. The van der Waals surface area contributed by atoms with Gasteiger partial charge in [-0.1, -0.05) is 6.92 Å². The fourth-order valence-electron chi connectivity index (χ4n) is 4.81. The van der Waals surface area contributed by atoms with Gasteiger partial charge in [0.15, 0.2) is 0 Å². The van der Waals surface area contributed by atoms with Crippen LogP contribution in [0.25, 0.3) is 0 Å². The van der Waals surface area contributed by atoms with E-state index in [9.17, 15) is 79.0 Å². The fraction of sp³-hybridized carbons (Fsp3) is 1.00. The van der Waals surface area contributed by atoms with Crippen LogP contribution in [0.1, 0.15) is 47.5 Å². The van der Waals surface area contributed by atoms with Crippen molar-refractivity contribution in [2.75, 3.05) is 19.8 Å². The lowest BCUT2D eigenvalue weighted by molar-refractivity contribution is -0.467. The zero-order valence-corrected chi connectivity index (χ0v) is 23.1. The number of ether oxygens (including phenoxy) is 3. The highest BCUT2D eigenvalue weighted by molar-refractivity contribution is 5.05. The molecule has 1 N–H and O–H groups in total. The molecule has 0 aromatic heterocycles. The summed E-state index contributed by atoms with van der Waals surface area (Å²) in [6.07, 6.45) is -45.7. The van der Waals surface area contributed by atoms with Gasteiger partial charge in [0.2, 0.25) is 0 Å². The number of rotatable bonds is 9. The van der Waals surface area contributed by atoms with Crippen molar-refractivity contribution in [3.63, 3.8) is 0 Å². The number of hydrogen-bond donors (Lipinski definition) is 1. The zero-order chi connectivity index (χ0) is 35.4. The summed E-state index contributed by atoms with van der Waals surface area (Å²) in [7, 11) is 0. The summed E-state index contributed by atoms with van der Waals surface area (Å²) in [6.45, 7) is -0.702. The minimum Gasteiger partial charge on any atom is -0.377 e. The largest absolute Gasteiger partial charge is 0.435 e. The van der Waals surface area contributed by atoms with Crippen LogP contribution < -0.4 is 5.32 Å². The first-order chi connectivity index (χ1) is 18.9. The van der Waals surface area contributed by atoms with Crippen LogP contribution in [0.3, 0.4) is 0 Å². The molecule has 22 heteroatoms. The minimum absolute atomic E-state index is 0.0938. The Balaban J connectivity index is 3.71. The van der Waals surface area contributed by atoms with Crippen LogP contribution >= 0.6 is 0 Å². The van der Waals surface area contributed by atoms with Crippen LogP contribution in [0.4, 0.5) is 79.0 Å². The van der Waals surface area contributed by atoms with Crippen molar-refractivity contribution in [2.45, 2.75) is 113 Å². The molecule has 1 aliphatic rings. The topological polar surface area (TPSA) is 39.7 Å². The molecule has 0 aromatic carbocycles. The fourth-order valence-corrected chi connectivity index (χ4v) is 4.81. The molecule has 0 amide bonds. The molecule has 1 heterocycles. The first-order valence-corrected chi connectivity index (χ1v) is 12.0. The molecule has 0 saturated carbocycles. The molecular weight excluding hydrogens is 668 g/mol. The van der Waals surface area contributed by atoms with Crippen LogP contribution in [0.2, 0.25) is 0 Å². The van der Waals surface area contributed by atoms with Gasteiger partial charge < -0.3 is 19.5 Å². The van der Waals surface area contributed by atoms with E-state index in [4.69, 9.17) is 4.74 Å². The van der Waals surface area contributed by atoms with E-state index in [0.29, 0.717) is 0 Å². The number of piperidine rings is 1. The van der Waals surface area contributed by atoms with Crippen molar-refractivity contribution < 1.29 is 93.2 Å². The molecule has 4 nitrogen and oxygen atoms in total. The summed E-state index contributed by atoms with van der Waals surface area (Å²) in [5, 5.41) is 3.07. The van der Waals surface area contributed by atoms with Gasteiger partial charge >= 0.3 is 48.3 Å². The predicted octanol–water partition coefficient (Wildman–Crippen LogP) is 8.20. The Labute approximate surface area is 237 Å². The summed E-state index contributed by atoms with van der Waals surface area (Å²) in [5.41, 5.74) is -19.2. The van der Waals surface area contributed by atoms with Gasteiger partial charge in [-0.2, -0.15) is 79.0 Å². The van der Waals surface area contributed by atoms with E-state index >= 15 is 0 Å². The van der Waals surface area contributed by atoms with Crippen molar-refractivity contribution in [2.24, 2.45) is 5.41 Å². The molecule has 1 fully saturated rings. The number of hydrogen-bond acceptors (Lipinski definition) is 4. The quantitative estimate of drug-likeness (QED) is 0.247. The van der Waals surface area contributed by atoms with Crippen molar-refractivity contribution in [3.05, 3.63) is 0 Å². The van der Waals surface area contributed by atoms with E-state index < -0.39 is 90.7 Å². The molecule has 0 radical (unpaired) electrons. The van der Waals surface area contributed by atoms with Gasteiger partial charge in [-0.05, 0) is 40.5 Å². The molecule has 0 atom stereocenters. The summed E-state index contributed by atoms with van der Waals surface area (Å²) in [5.74, 6) is 0. The van der Waals surface area contributed by atoms with E-state index in [0.717, 1.165) is 0 Å². The molecule has 1 saturated heterocycles. The SMILES string of the molecule is CC(COC1CC(C)(C)NC(C)(C)C1)(COC(C(F)(F)F)(C(F)(F)F)C(F)(F)F)COC(C(F)(F)F)(C(F)(F)F)C(F)(F)F. The molecule has 0 bridgehead atoms. The second kappa shape index (κ2) is 11.7. The summed E-state index contributed by atoms with van der Waals surface area (Å²) in [4.78, 5) is 0. The van der Waals surface area contributed by atoms with Gasteiger partial charge in [-0.15, -0.1) is 0 Å². The van der Waals surface area contributed by atoms with E-state index in [1.54, 1.807) is 27.7 Å². The van der Waals surface area contributed by atoms with Gasteiger partial charge in [0, 0.05) is 16.5 Å². The number of nitrogens with one attached hydrogen (secondary N) is 1. The van der Waals surface area contributed by atoms with E-state index in [-0.39, 0.29) is 19.8 Å². The maximum atomic E-state index is 13.4. The Kier molecular flexibility index (Phi) is 10.8. The Morgan fingerprint density at radius 2 is 0.750 bits per heavy atom. The smallest absolute Gasteiger partial charge is 0.377 e. The van der Waals surface area contributed by atoms with Gasteiger partial charge in [-0.3, -0.25) is 0 Å². The molecular formula is C22H27F18NO3. The second-order valence-electron chi connectivity index (χ2n) is 12.0. The van der Waals surface area contributed by atoms with Crippen LogP contribution in [0.15, 0.2) is 0 Å². The van der Waals surface area contributed by atoms with E-state index in [1.807, 2.05) is 0 Å². The molecule has 1 aliphatic heterocycles. The van der Waals surface area contributed by atoms with Gasteiger partial charge in [-0.25, -0.2) is 0 Å². The Morgan fingerprint density at radius 1 is 0.500 bits per heavy atom. The third-order valence-corrected chi connectivity index (χ3v) is 6.49. The summed E-state index contributed by atoms with van der Waals surface area (Å²) < 4.78 is 252. The molecule has 264 valence electrons. The van der Waals surface area contributed by atoms with Crippen LogP contribution in [-0.2, 0) is 14.2 Å². The van der Waals surface area contributed by atoms with Crippen molar-refractivity contribution in [1.29, 1.82) is 0 Å². The first kappa shape index (κ1) is 40.6. The third kappa shape index (κ3) is 8.10. The van der Waals surface area contributed by atoms with Crippen LogP contribution in [-0.4, -0.2) is 85.3 Å². The molecule has 0 aromatic rings. The molecule has 0 spiro atoms. The Morgan fingerprint density at radius 3 is 0.977 bits per heavy atom. The average Bonchev–Trinajstić information content (AvgIpc) is 2.64. The van der Waals surface area contributed by atoms with Crippen molar-refractivity contribution >= 4 is 0 Å². The minimum atomic E-state index is -7.39. The number of alkyl halides is 18. The van der Waals surface area contributed by atoms with Crippen molar-refractivity contribution in [1.82, 2.24) is 5.32 Å². The summed E-state index contributed by atoms with van der Waals surface area (Å²) in [6, 6.07) is 0. The van der Waals surface area contributed by atoms with E-state index in [2.05, 4.69) is 14.8 Å². The molecule has 1 rings (SSSR count). The Hall–Kier alpha value is -1.42. The van der Waals surface area contributed by atoms with Gasteiger partial charge in [0.05, 0.1) is 25.9 Å². The lowest BCUT2D eigenvalue weighted by atomic mass is 9.81. The van der Waals surface area contributed by atoms with Crippen LogP contribution in [0.5, 0.6) is 0 Å². The second-order valence-corrected chi connectivity index (χ2v) is 12.0. The van der Waals surface area contributed by atoms with Gasteiger partial charge in [0.25, 0.3) is 0 Å². The molecule has 0 unspecified atom stereocenters. The first-order valence-electron chi connectivity index (χ1n) is 12.0. The Bertz CT molecular complexity index is 830. The van der Waals surface area contributed by atoms with Crippen molar-refractivity contribution in [3.8, 4) is 0 Å². The maximum Gasteiger partial charge on any atom is 0.435 e. The zero-order valence-electron chi connectivity index (χ0n) is 23.1. The summed E-state index contributed by atoms with van der Waals surface area (Å²) >= 11 is 0.